The van der Waals surface area contributed by atoms with E-state index in [1.54, 1.807) is 23.8 Å². The van der Waals surface area contributed by atoms with Gasteiger partial charge in [0.25, 0.3) is 0 Å². The van der Waals surface area contributed by atoms with Crippen molar-refractivity contribution in [3.8, 4) is 5.88 Å². The van der Waals surface area contributed by atoms with Crippen molar-refractivity contribution in [3.05, 3.63) is 59.3 Å². The average molecular weight is 424 g/mol. The van der Waals surface area contributed by atoms with Gasteiger partial charge < -0.3 is 26.0 Å². The molecule has 0 spiro atoms. The fraction of sp³-hybridized carbons (Fsp3) is 0.286. The fourth-order valence-corrected chi connectivity index (χ4v) is 3.84. The quantitative estimate of drug-likeness (QED) is 0.519. The lowest BCUT2D eigenvalue weighted by Gasteiger charge is -2.24. The molecule has 1 saturated heterocycles. The third-order valence-electron chi connectivity index (χ3n) is 4.51. The van der Waals surface area contributed by atoms with Gasteiger partial charge in [-0.05, 0) is 24.1 Å². The topological polar surface area (TPSA) is 95.5 Å². The van der Waals surface area contributed by atoms with E-state index < -0.39 is 0 Å². The maximum absolute atomic E-state index is 5.83. The molecule has 9 heteroatoms. The number of aromatic nitrogens is 2. The van der Waals surface area contributed by atoms with Crippen molar-refractivity contribution >= 4 is 34.8 Å². The highest BCUT2D eigenvalue weighted by atomic mass is 32.1. The maximum Gasteiger partial charge on any atom is 0.215 e. The van der Waals surface area contributed by atoms with Gasteiger partial charge >= 0.3 is 0 Å². The van der Waals surface area contributed by atoms with Gasteiger partial charge in [-0.1, -0.05) is 18.7 Å². The predicted octanol–water partition coefficient (Wildman–Crippen LogP) is 2.85. The van der Waals surface area contributed by atoms with Crippen molar-refractivity contribution in [2.24, 2.45) is 4.99 Å². The van der Waals surface area contributed by atoms with Crippen LogP contribution in [0, 0.1) is 0 Å². The number of nitrogens with zero attached hydrogens (tertiary/aromatic N) is 3. The molecule has 0 amide bonds. The highest BCUT2D eigenvalue weighted by Gasteiger charge is 2.13. The summed E-state index contributed by atoms with van der Waals surface area (Å²) >= 11 is 1.58. The summed E-state index contributed by atoms with van der Waals surface area (Å²) in [6.45, 7) is 7.44. The second-order valence-electron chi connectivity index (χ2n) is 6.87. The zero-order chi connectivity index (χ0) is 20.6. The molecule has 0 saturated carbocycles. The molecule has 1 atom stereocenters. The average Bonchev–Trinajstić information content (AvgIpc) is 3.05. The Bertz CT molecular complexity index is 960. The normalized spacial score (nSPS) is 18.4. The van der Waals surface area contributed by atoms with Gasteiger partial charge in [0.15, 0.2) is 0 Å². The molecule has 2 aliphatic heterocycles. The fourth-order valence-electron chi connectivity index (χ4n) is 3.05. The zero-order valence-corrected chi connectivity index (χ0v) is 17.4. The van der Waals surface area contributed by atoms with Crippen molar-refractivity contribution in [2.75, 3.05) is 36.9 Å². The van der Waals surface area contributed by atoms with Gasteiger partial charge in [0.05, 0.1) is 6.04 Å². The van der Waals surface area contributed by atoms with Gasteiger partial charge in [0.1, 0.15) is 29.1 Å². The van der Waals surface area contributed by atoms with E-state index in [0.29, 0.717) is 24.1 Å². The summed E-state index contributed by atoms with van der Waals surface area (Å²) in [5.74, 6) is 2.56. The minimum Gasteiger partial charge on any atom is -0.476 e. The summed E-state index contributed by atoms with van der Waals surface area (Å²) in [6, 6.07) is 5.91. The number of hydrogen-bond donors (Lipinski definition) is 4. The van der Waals surface area contributed by atoms with Crippen LogP contribution in [0.15, 0.2) is 59.3 Å². The summed E-state index contributed by atoms with van der Waals surface area (Å²) in [5.41, 5.74) is 1.14. The first-order valence-electron chi connectivity index (χ1n) is 9.86. The lowest BCUT2D eigenvalue weighted by Crippen LogP contribution is -2.51. The molecule has 4 heterocycles. The number of hydrogen-bond acceptors (Lipinski definition) is 9. The van der Waals surface area contributed by atoms with Gasteiger partial charge in [-0.15, -0.1) is 11.3 Å². The van der Waals surface area contributed by atoms with Crippen LogP contribution in [0.25, 0.3) is 5.57 Å². The Morgan fingerprint density at radius 1 is 1.23 bits per heavy atom. The Morgan fingerprint density at radius 3 is 3.07 bits per heavy atom. The van der Waals surface area contributed by atoms with E-state index in [0.717, 1.165) is 42.5 Å². The van der Waals surface area contributed by atoms with Crippen LogP contribution in [0.2, 0.25) is 0 Å². The van der Waals surface area contributed by atoms with Crippen molar-refractivity contribution in [1.29, 1.82) is 0 Å². The summed E-state index contributed by atoms with van der Waals surface area (Å²) in [5, 5.41) is 16.0. The number of thiazole rings is 1. The third kappa shape index (κ3) is 5.76. The molecule has 2 aliphatic rings. The van der Waals surface area contributed by atoms with E-state index in [1.165, 1.54) is 0 Å². The van der Waals surface area contributed by atoms with Crippen molar-refractivity contribution < 1.29 is 4.74 Å². The maximum atomic E-state index is 5.83. The number of anilines is 2. The molecule has 0 aliphatic carbocycles. The Hall–Kier alpha value is -3.01. The van der Waals surface area contributed by atoms with Gasteiger partial charge in [0.2, 0.25) is 5.88 Å². The smallest absolute Gasteiger partial charge is 0.215 e. The van der Waals surface area contributed by atoms with Crippen LogP contribution in [0.3, 0.4) is 0 Å². The van der Waals surface area contributed by atoms with Gasteiger partial charge in [-0.2, -0.15) is 4.98 Å². The molecule has 0 radical (unpaired) electrons. The Kier molecular flexibility index (Phi) is 6.86. The highest BCUT2D eigenvalue weighted by Crippen LogP contribution is 2.26. The second-order valence-corrected chi connectivity index (χ2v) is 7.73. The summed E-state index contributed by atoms with van der Waals surface area (Å²) in [6.07, 6.45) is 8.41. The molecule has 0 aromatic carbocycles. The zero-order valence-electron chi connectivity index (χ0n) is 16.6. The molecule has 0 bridgehead atoms. The molecular formula is C21H25N7OS. The highest BCUT2D eigenvalue weighted by molar-refractivity contribution is 7.11. The second kappa shape index (κ2) is 10.1. The van der Waals surface area contributed by atoms with E-state index in [9.17, 15) is 0 Å². The number of nitrogens with one attached hydrogen (secondary N) is 4. The Balaban J connectivity index is 1.30. The first-order chi connectivity index (χ1) is 14.8. The van der Waals surface area contributed by atoms with Gasteiger partial charge in [-0.25, -0.2) is 4.98 Å². The van der Waals surface area contributed by atoms with Crippen LogP contribution in [0.5, 0.6) is 5.88 Å². The third-order valence-corrected chi connectivity index (χ3v) is 5.43. The van der Waals surface area contributed by atoms with E-state index in [-0.39, 0.29) is 6.04 Å². The standard InChI is InChI=1S/C21H25N7OS/c1-15(26-19-14-30-21(28-19)16-4-3-8-22-9-7-16)25-18-5-2-6-20(27-18)29-13-17-12-23-10-11-24-17/h2-3,5-9,14,17,23-24,26H,1,4,10-13H2,(H,25,27). The van der Waals surface area contributed by atoms with Crippen LogP contribution in [-0.4, -0.2) is 48.5 Å². The van der Waals surface area contributed by atoms with E-state index in [4.69, 9.17) is 4.74 Å². The van der Waals surface area contributed by atoms with Crippen LogP contribution >= 0.6 is 11.3 Å². The Morgan fingerprint density at radius 2 is 2.17 bits per heavy atom. The monoisotopic (exact) mass is 423 g/mol. The molecule has 30 heavy (non-hydrogen) atoms. The van der Waals surface area contributed by atoms with Crippen LogP contribution in [0.1, 0.15) is 11.4 Å². The minimum absolute atomic E-state index is 0.290. The first kappa shape index (κ1) is 20.3. The van der Waals surface area contributed by atoms with Crippen molar-refractivity contribution in [2.45, 2.75) is 12.5 Å². The summed E-state index contributed by atoms with van der Waals surface area (Å²) in [7, 11) is 0. The van der Waals surface area contributed by atoms with Crippen molar-refractivity contribution in [1.82, 2.24) is 20.6 Å². The van der Waals surface area contributed by atoms with E-state index >= 15 is 0 Å². The number of pyridine rings is 1. The number of allylic oxidation sites excluding steroid dienone is 3. The minimum atomic E-state index is 0.290. The first-order valence-corrected chi connectivity index (χ1v) is 10.7. The van der Waals surface area contributed by atoms with Crippen LogP contribution in [0.4, 0.5) is 11.6 Å². The summed E-state index contributed by atoms with van der Waals surface area (Å²) < 4.78 is 5.83. The lowest BCUT2D eigenvalue weighted by atomic mass is 10.2. The molecule has 1 fully saturated rings. The van der Waals surface area contributed by atoms with Gasteiger partial charge in [-0.3, -0.25) is 4.99 Å². The molecule has 4 rings (SSSR count). The molecule has 156 valence electrons. The largest absolute Gasteiger partial charge is 0.476 e. The molecule has 1 unspecified atom stereocenters. The van der Waals surface area contributed by atoms with Crippen molar-refractivity contribution in [3.63, 3.8) is 0 Å². The molecule has 2 aromatic heterocycles. The SMILES string of the molecule is C=C(Nc1cccc(OCC2CNCCN2)n1)Nc1csc(C2=CC=NC=CC2)n1. The van der Waals surface area contributed by atoms with E-state index in [2.05, 4.69) is 42.8 Å². The van der Waals surface area contributed by atoms with E-state index in [1.807, 2.05) is 35.7 Å². The molecule has 8 nitrogen and oxygen atoms in total. The Labute approximate surface area is 179 Å². The molecule has 2 aromatic rings. The molecular weight excluding hydrogens is 398 g/mol. The van der Waals surface area contributed by atoms with Crippen LogP contribution in [-0.2, 0) is 0 Å². The molecule has 4 N–H and O–H groups in total. The lowest BCUT2D eigenvalue weighted by molar-refractivity contribution is 0.240. The van der Waals surface area contributed by atoms with Crippen LogP contribution < -0.4 is 26.0 Å². The summed E-state index contributed by atoms with van der Waals surface area (Å²) in [4.78, 5) is 13.3. The number of rotatable bonds is 8. The number of aliphatic imine (C=N–C) groups is 1. The number of ether oxygens (including phenoxy) is 1. The number of piperazine rings is 1. The predicted molar refractivity (Wildman–Crippen MR) is 123 cm³/mol. The van der Waals surface area contributed by atoms with Gasteiger partial charge in [0, 0.05) is 43.5 Å².